The molecule has 2 N–H and O–H groups in total. The van der Waals surface area contributed by atoms with E-state index in [1.54, 1.807) is 6.92 Å². The monoisotopic (exact) mass is 281 g/mol. The lowest BCUT2D eigenvalue weighted by Gasteiger charge is -2.11. The molecule has 0 aliphatic heterocycles. The van der Waals surface area contributed by atoms with Gasteiger partial charge in [-0.25, -0.2) is 18.0 Å². The fraction of sp³-hybridized carbons (Fsp3) is 0.0714. The molecule has 2 aromatic rings. The van der Waals surface area contributed by atoms with Crippen LogP contribution in [0.25, 0.3) is 0 Å². The third kappa shape index (κ3) is 2.74. The molecule has 0 aliphatic carbocycles. The minimum Gasteiger partial charge on any atom is -0.478 e. The molecule has 0 saturated heterocycles. The van der Waals surface area contributed by atoms with Gasteiger partial charge in [0.1, 0.15) is 0 Å². The number of carboxylic acid groups (broad SMARTS) is 1. The Morgan fingerprint density at radius 2 is 1.70 bits per heavy atom. The highest BCUT2D eigenvalue weighted by Crippen LogP contribution is 2.24. The van der Waals surface area contributed by atoms with Crippen LogP contribution in [0.15, 0.2) is 30.3 Å². The van der Waals surface area contributed by atoms with Crippen molar-refractivity contribution >= 4 is 17.3 Å². The highest BCUT2D eigenvalue weighted by Gasteiger charge is 2.11. The first kappa shape index (κ1) is 13.9. The molecule has 3 nitrogen and oxygen atoms in total. The fourth-order valence-corrected chi connectivity index (χ4v) is 1.72. The van der Waals surface area contributed by atoms with E-state index in [1.165, 1.54) is 18.2 Å². The van der Waals surface area contributed by atoms with Crippen LogP contribution in [-0.2, 0) is 0 Å². The zero-order chi connectivity index (χ0) is 14.9. The number of nitrogens with one attached hydrogen (secondary N) is 1. The summed E-state index contributed by atoms with van der Waals surface area (Å²) in [7, 11) is 0. The average Bonchev–Trinajstić information content (AvgIpc) is 2.38. The van der Waals surface area contributed by atoms with Crippen LogP contribution < -0.4 is 5.32 Å². The summed E-state index contributed by atoms with van der Waals surface area (Å²) in [6.07, 6.45) is 0. The van der Waals surface area contributed by atoms with Crippen molar-refractivity contribution in [3.8, 4) is 0 Å². The Labute approximate surface area is 112 Å². The number of carbonyl (C=O) groups is 1. The first-order valence-corrected chi connectivity index (χ1v) is 5.64. The summed E-state index contributed by atoms with van der Waals surface area (Å²) < 4.78 is 39.0. The second-order valence-corrected chi connectivity index (χ2v) is 4.21. The van der Waals surface area contributed by atoms with Crippen LogP contribution in [0.4, 0.5) is 24.5 Å². The van der Waals surface area contributed by atoms with Gasteiger partial charge in [-0.15, -0.1) is 0 Å². The van der Waals surface area contributed by atoms with Gasteiger partial charge in [-0.1, -0.05) is 0 Å². The van der Waals surface area contributed by atoms with Crippen molar-refractivity contribution in [1.29, 1.82) is 0 Å². The Kier molecular flexibility index (Phi) is 3.65. The standard InChI is InChI=1S/C14H10F3NO2/c1-7-4-8(14(19)20)2-3-12(7)18-9-5-10(15)13(17)11(16)6-9/h2-6,18H,1H3,(H,19,20). The normalized spacial score (nSPS) is 10.4. The van der Waals surface area contributed by atoms with Gasteiger partial charge in [-0.3, -0.25) is 0 Å². The van der Waals surface area contributed by atoms with Crippen molar-refractivity contribution in [1.82, 2.24) is 0 Å². The maximum Gasteiger partial charge on any atom is 0.335 e. The van der Waals surface area contributed by atoms with Crippen molar-refractivity contribution in [2.75, 3.05) is 5.32 Å². The summed E-state index contributed by atoms with van der Waals surface area (Å²) in [5.74, 6) is -5.20. The van der Waals surface area contributed by atoms with E-state index < -0.39 is 23.4 Å². The summed E-state index contributed by atoms with van der Waals surface area (Å²) in [5, 5.41) is 11.5. The van der Waals surface area contributed by atoms with E-state index >= 15 is 0 Å². The molecule has 2 rings (SSSR count). The molecule has 0 spiro atoms. The molecule has 20 heavy (non-hydrogen) atoms. The van der Waals surface area contributed by atoms with Crippen molar-refractivity contribution < 1.29 is 23.1 Å². The largest absolute Gasteiger partial charge is 0.478 e. The average molecular weight is 281 g/mol. The molecule has 0 amide bonds. The van der Waals surface area contributed by atoms with E-state index in [9.17, 15) is 18.0 Å². The maximum atomic E-state index is 13.1. The number of aromatic carboxylic acids is 1. The summed E-state index contributed by atoms with van der Waals surface area (Å²) in [4.78, 5) is 10.8. The van der Waals surface area contributed by atoms with Crippen molar-refractivity contribution in [2.45, 2.75) is 6.92 Å². The predicted octanol–water partition coefficient (Wildman–Crippen LogP) is 3.85. The molecule has 6 heteroatoms. The number of benzene rings is 2. The number of aryl methyl sites for hydroxylation is 1. The highest BCUT2D eigenvalue weighted by atomic mass is 19.2. The number of carboxylic acids is 1. The number of anilines is 2. The lowest BCUT2D eigenvalue weighted by Crippen LogP contribution is -2.00. The minimum atomic E-state index is -1.53. The Morgan fingerprint density at radius 1 is 1.10 bits per heavy atom. The molecule has 0 saturated carbocycles. The second-order valence-electron chi connectivity index (χ2n) is 4.21. The molecular formula is C14H10F3NO2. The van der Waals surface area contributed by atoms with Gasteiger partial charge in [0, 0.05) is 23.5 Å². The Hall–Kier alpha value is -2.50. The Balaban J connectivity index is 2.33. The third-order valence-corrected chi connectivity index (χ3v) is 2.74. The van der Waals surface area contributed by atoms with Gasteiger partial charge in [0.25, 0.3) is 0 Å². The van der Waals surface area contributed by atoms with E-state index in [2.05, 4.69) is 5.32 Å². The summed E-state index contributed by atoms with van der Waals surface area (Å²) in [6, 6.07) is 5.89. The number of hydrogen-bond acceptors (Lipinski definition) is 2. The molecule has 0 atom stereocenters. The van der Waals surface area contributed by atoms with Gasteiger partial charge >= 0.3 is 5.97 Å². The van der Waals surface area contributed by atoms with E-state index in [0.29, 0.717) is 11.3 Å². The van der Waals surface area contributed by atoms with Gasteiger partial charge in [0.05, 0.1) is 5.56 Å². The van der Waals surface area contributed by atoms with Gasteiger partial charge in [0.15, 0.2) is 17.5 Å². The van der Waals surface area contributed by atoms with Crippen LogP contribution in [0.2, 0.25) is 0 Å². The molecule has 0 aromatic heterocycles. The molecule has 2 aromatic carbocycles. The van der Waals surface area contributed by atoms with Gasteiger partial charge in [-0.05, 0) is 30.7 Å². The third-order valence-electron chi connectivity index (χ3n) is 2.74. The van der Waals surface area contributed by atoms with Crippen molar-refractivity contribution in [2.24, 2.45) is 0 Å². The quantitative estimate of drug-likeness (QED) is 0.840. The number of hydrogen-bond donors (Lipinski definition) is 2. The summed E-state index contributed by atoms with van der Waals surface area (Å²) >= 11 is 0. The predicted molar refractivity (Wildman–Crippen MR) is 67.7 cm³/mol. The zero-order valence-electron chi connectivity index (χ0n) is 10.4. The van der Waals surface area contributed by atoms with Crippen molar-refractivity contribution in [3.05, 3.63) is 58.9 Å². The molecule has 0 bridgehead atoms. The van der Waals surface area contributed by atoms with Crippen LogP contribution in [0.5, 0.6) is 0 Å². The second kappa shape index (κ2) is 5.24. The molecule has 104 valence electrons. The van der Waals surface area contributed by atoms with Crippen LogP contribution in [0.1, 0.15) is 15.9 Å². The summed E-state index contributed by atoms with van der Waals surface area (Å²) in [5.41, 5.74) is 1.19. The topological polar surface area (TPSA) is 49.3 Å². The first-order chi connectivity index (χ1) is 9.38. The maximum absolute atomic E-state index is 13.1. The fourth-order valence-electron chi connectivity index (χ4n) is 1.72. The van der Waals surface area contributed by atoms with Gasteiger partial charge < -0.3 is 10.4 Å². The first-order valence-electron chi connectivity index (χ1n) is 5.64. The summed E-state index contributed by atoms with van der Waals surface area (Å²) in [6.45, 7) is 1.64. The van der Waals surface area contributed by atoms with E-state index in [0.717, 1.165) is 12.1 Å². The molecule has 0 aliphatic rings. The lowest BCUT2D eigenvalue weighted by atomic mass is 10.1. The van der Waals surface area contributed by atoms with E-state index in [4.69, 9.17) is 5.11 Å². The SMILES string of the molecule is Cc1cc(C(=O)O)ccc1Nc1cc(F)c(F)c(F)c1. The minimum absolute atomic E-state index is 0.0348. The molecule has 0 fully saturated rings. The van der Waals surface area contributed by atoms with E-state index in [-0.39, 0.29) is 11.3 Å². The highest BCUT2D eigenvalue weighted by molar-refractivity contribution is 5.88. The lowest BCUT2D eigenvalue weighted by molar-refractivity contribution is 0.0697. The number of halogens is 3. The van der Waals surface area contributed by atoms with E-state index in [1.807, 2.05) is 0 Å². The molecular weight excluding hydrogens is 271 g/mol. The molecule has 0 radical (unpaired) electrons. The van der Waals surface area contributed by atoms with Gasteiger partial charge in [0.2, 0.25) is 0 Å². The molecule has 0 unspecified atom stereocenters. The van der Waals surface area contributed by atoms with Crippen LogP contribution in [-0.4, -0.2) is 11.1 Å². The number of rotatable bonds is 3. The smallest absolute Gasteiger partial charge is 0.335 e. The van der Waals surface area contributed by atoms with Gasteiger partial charge in [-0.2, -0.15) is 0 Å². The zero-order valence-corrected chi connectivity index (χ0v) is 10.4. The Morgan fingerprint density at radius 3 is 2.20 bits per heavy atom. The van der Waals surface area contributed by atoms with Crippen LogP contribution in [0.3, 0.4) is 0 Å². The molecule has 0 heterocycles. The Bertz CT molecular complexity index is 663. The van der Waals surface area contributed by atoms with Crippen LogP contribution >= 0.6 is 0 Å². The van der Waals surface area contributed by atoms with Crippen molar-refractivity contribution in [3.63, 3.8) is 0 Å². The van der Waals surface area contributed by atoms with Crippen LogP contribution in [0, 0.1) is 24.4 Å².